The van der Waals surface area contributed by atoms with Gasteiger partial charge in [-0.2, -0.15) is 0 Å². The molecule has 1 fully saturated rings. The standard InChI is InChI=1S/C9H17N5OS/c1-14(7-2-4-15-5-3-7)6-8-12-13-9(11-10)16-8/h7H,2-6,10H2,1H3,(H,11,13). The Morgan fingerprint density at radius 3 is 2.88 bits per heavy atom. The van der Waals surface area contributed by atoms with E-state index < -0.39 is 0 Å². The fourth-order valence-electron chi connectivity index (χ4n) is 1.84. The second-order valence-electron chi connectivity index (χ2n) is 3.90. The average molecular weight is 243 g/mol. The molecule has 1 aromatic heterocycles. The first kappa shape index (κ1) is 11.7. The predicted octanol–water partition coefficient (Wildman–Crippen LogP) is 0.434. The average Bonchev–Trinajstić information content (AvgIpc) is 2.78. The van der Waals surface area contributed by atoms with Crippen molar-refractivity contribution in [2.75, 3.05) is 25.7 Å². The van der Waals surface area contributed by atoms with Crippen LogP contribution >= 0.6 is 11.3 Å². The molecule has 0 atom stereocenters. The van der Waals surface area contributed by atoms with Crippen molar-refractivity contribution in [3.05, 3.63) is 5.01 Å². The van der Waals surface area contributed by atoms with Gasteiger partial charge in [0.15, 0.2) is 0 Å². The zero-order chi connectivity index (χ0) is 11.4. The van der Waals surface area contributed by atoms with Gasteiger partial charge in [-0.3, -0.25) is 10.3 Å². The van der Waals surface area contributed by atoms with Crippen LogP contribution in [-0.4, -0.2) is 41.4 Å². The number of aromatic nitrogens is 2. The molecule has 2 rings (SSSR count). The van der Waals surface area contributed by atoms with E-state index in [1.54, 1.807) is 0 Å². The largest absolute Gasteiger partial charge is 0.381 e. The summed E-state index contributed by atoms with van der Waals surface area (Å²) in [6, 6.07) is 0.590. The van der Waals surface area contributed by atoms with Crippen molar-refractivity contribution in [1.82, 2.24) is 15.1 Å². The molecule has 0 spiro atoms. The normalized spacial score (nSPS) is 17.9. The van der Waals surface area contributed by atoms with Gasteiger partial charge in [-0.1, -0.05) is 11.3 Å². The van der Waals surface area contributed by atoms with E-state index in [0.29, 0.717) is 11.2 Å². The minimum absolute atomic E-state index is 0.590. The first-order chi connectivity index (χ1) is 7.79. The van der Waals surface area contributed by atoms with Crippen molar-refractivity contribution < 1.29 is 4.74 Å². The van der Waals surface area contributed by atoms with E-state index in [4.69, 9.17) is 10.6 Å². The first-order valence-electron chi connectivity index (χ1n) is 5.36. The highest BCUT2D eigenvalue weighted by molar-refractivity contribution is 7.15. The third kappa shape index (κ3) is 2.88. The molecule has 0 radical (unpaired) electrons. The maximum atomic E-state index is 5.34. The van der Waals surface area contributed by atoms with Crippen LogP contribution in [0, 0.1) is 0 Å². The van der Waals surface area contributed by atoms with Gasteiger partial charge in [-0.15, -0.1) is 10.2 Å². The highest BCUT2D eigenvalue weighted by Gasteiger charge is 2.19. The van der Waals surface area contributed by atoms with Crippen molar-refractivity contribution >= 4 is 16.5 Å². The van der Waals surface area contributed by atoms with Crippen LogP contribution in [0.4, 0.5) is 5.13 Å². The molecule has 3 N–H and O–H groups in total. The van der Waals surface area contributed by atoms with Gasteiger partial charge in [0.25, 0.3) is 0 Å². The van der Waals surface area contributed by atoms with Crippen molar-refractivity contribution in [3.8, 4) is 0 Å². The zero-order valence-electron chi connectivity index (χ0n) is 9.35. The number of nitrogens with one attached hydrogen (secondary N) is 1. The molecule has 7 heteroatoms. The van der Waals surface area contributed by atoms with Gasteiger partial charge in [0, 0.05) is 19.3 Å². The molecule has 0 amide bonds. The number of anilines is 1. The fraction of sp³-hybridized carbons (Fsp3) is 0.778. The summed E-state index contributed by atoms with van der Waals surface area (Å²) in [6.07, 6.45) is 2.19. The van der Waals surface area contributed by atoms with Crippen LogP contribution in [0.1, 0.15) is 17.8 Å². The number of hydrogen-bond donors (Lipinski definition) is 2. The second-order valence-corrected chi connectivity index (χ2v) is 4.97. The smallest absolute Gasteiger partial charge is 0.219 e. The Morgan fingerprint density at radius 2 is 2.25 bits per heavy atom. The molecular weight excluding hydrogens is 226 g/mol. The summed E-state index contributed by atoms with van der Waals surface area (Å²) >= 11 is 1.49. The molecule has 1 saturated heterocycles. The van der Waals surface area contributed by atoms with Crippen LogP contribution in [0.3, 0.4) is 0 Å². The number of hydrazine groups is 1. The van der Waals surface area contributed by atoms with Crippen LogP contribution in [0.25, 0.3) is 0 Å². The van der Waals surface area contributed by atoms with E-state index >= 15 is 0 Å². The highest BCUT2D eigenvalue weighted by Crippen LogP contribution is 2.19. The molecule has 0 saturated carbocycles. The molecule has 0 bridgehead atoms. The molecule has 1 aliphatic rings. The van der Waals surface area contributed by atoms with Crippen molar-refractivity contribution in [3.63, 3.8) is 0 Å². The lowest BCUT2D eigenvalue weighted by Gasteiger charge is -2.30. The quantitative estimate of drug-likeness (QED) is 0.590. The summed E-state index contributed by atoms with van der Waals surface area (Å²) in [6.45, 7) is 2.55. The minimum Gasteiger partial charge on any atom is -0.381 e. The molecule has 90 valence electrons. The van der Waals surface area contributed by atoms with Crippen LogP contribution in [0.2, 0.25) is 0 Å². The van der Waals surface area contributed by atoms with Crippen molar-refractivity contribution in [2.24, 2.45) is 5.84 Å². The van der Waals surface area contributed by atoms with Crippen molar-refractivity contribution in [1.29, 1.82) is 0 Å². The van der Waals surface area contributed by atoms with E-state index in [1.807, 2.05) is 0 Å². The van der Waals surface area contributed by atoms with E-state index in [9.17, 15) is 0 Å². The lowest BCUT2D eigenvalue weighted by Crippen LogP contribution is -2.36. The first-order valence-corrected chi connectivity index (χ1v) is 6.18. The predicted molar refractivity (Wildman–Crippen MR) is 63.0 cm³/mol. The van der Waals surface area contributed by atoms with Gasteiger partial charge in [-0.25, -0.2) is 5.84 Å². The van der Waals surface area contributed by atoms with Gasteiger partial charge >= 0.3 is 0 Å². The molecule has 1 aliphatic heterocycles. The number of ether oxygens (including phenoxy) is 1. The Hall–Kier alpha value is -0.760. The number of hydrogen-bond acceptors (Lipinski definition) is 7. The molecule has 16 heavy (non-hydrogen) atoms. The fourth-order valence-corrected chi connectivity index (χ4v) is 2.56. The van der Waals surface area contributed by atoms with Gasteiger partial charge in [0.1, 0.15) is 5.01 Å². The van der Waals surface area contributed by atoms with Crippen LogP contribution in [0.5, 0.6) is 0 Å². The van der Waals surface area contributed by atoms with Crippen LogP contribution in [0.15, 0.2) is 0 Å². The zero-order valence-corrected chi connectivity index (χ0v) is 10.2. The minimum atomic E-state index is 0.590. The molecule has 0 unspecified atom stereocenters. The number of nitrogen functional groups attached to an aromatic ring is 1. The van der Waals surface area contributed by atoms with Crippen molar-refractivity contribution in [2.45, 2.75) is 25.4 Å². The molecule has 2 heterocycles. The molecule has 0 aliphatic carbocycles. The van der Waals surface area contributed by atoms with Crippen LogP contribution < -0.4 is 11.3 Å². The Kier molecular flexibility index (Phi) is 4.05. The molecule has 0 aromatic carbocycles. The summed E-state index contributed by atoms with van der Waals surface area (Å²) in [7, 11) is 2.12. The topological polar surface area (TPSA) is 76.3 Å². The monoisotopic (exact) mass is 243 g/mol. The second kappa shape index (κ2) is 5.53. The van der Waals surface area contributed by atoms with E-state index in [2.05, 4.69) is 27.6 Å². The summed E-state index contributed by atoms with van der Waals surface area (Å²) in [5.74, 6) is 5.26. The SMILES string of the molecule is CN(Cc1nnc(NN)s1)C1CCOCC1. The van der Waals surface area contributed by atoms with Gasteiger partial charge in [0.05, 0.1) is 6.54 Å². The van der Waals surface area contributed by atoms with Gasteiger partial charge < -0.3 is 4.74 Å². The van der Waals surface area contributed by atoms with Crippen LogP contribution in [-0.2, 0) is 11.3 Å². The Morgan fingerprint density at radius 1 is 1.50 bits per heavy atom. The van der Waals surface area contributed by atoms with Gasteiger partial charge in [-0.05, 0) is 19.9 Å². The van der Waals surface area contributed by atoms with E-state index in [-0.39, 0.29) is 0 Å². The summed E-state index contributed by atoms with van der Waals surface area (Å²) < 4.78 is 5.34. The Bertz CT molecular complexity index is 325. The Labute approximate surface area is 98.8 Å². The summed E-state index contributed by atoms with van der Waals surface area (Å²) in [5, 5.41) is 9.64. The molecular formula is C9H17N5OS. The third-order valence-corrected chi connectivity index (χ3v) is 3.63. The van der Waals surface area contributed by atoms with E-state index in [0.717, 1.165) is 37.6 Å². The maximum Gasteiger partial charge on any atom is 0.219 e. The number of nitrogens with two attached hydrogens (primary N) is 1. The summed E-state index contributed by atoms with van der Waals surface area (Å²) in [5.41, 5.74) is 2.51. The molecule has 6 nitrogen and oxygen atoms in total. The van der Waals surface area contributed by atoms with E-state index in [1.165, 1.54) is 11.3 Å². The summed E-state index contributed by atoms with van der Waals surface area (Å²) in [4.78, 5) is 2.31. The third-order valence-electron chi connectivity index (χ3n) is 2.79. The maximum absolute atomic E-state index is 5.34. The van der Waals surface area contributed by atoms with Gasteiger partial charge in [0.2, 0.25) is 5.13 Å². The molecule has 1 aromatic rings. The highest BCUT2D eigenvalue weighted by atomic mass is 32.1. The lowest BCUT2D eigenvalue weighted by atomic mass is 10.1. The number of rotatable bonds is 4. The Balaban J connectivity index is 1.87. The lowest BCUT2D eigenvalue weighted by molar-refractivity contribution is 0.0406. The number of nitrogens with zero attached hydrogens (tertiary/aromatic N) is 3.